The van der Waals surface area contributed by atoms with Gasteiger partial charge >= 0.3 is 0 Å². The summed E-state index contributed by atoms with van der Waals surface area (Å²) in [4.78, 5) is 4.29. The van der Waals surface area contributed by atoms with Crippen LogP contribution in [0.1, 0.15) is 11.3 Å². The maximum atomic E-state index is 9.06. The number of aromatic nitrogens is 1. The maximum Gasteiger partial charge on any atom is 0.125 e. The molecular weight excluding hydrogens is 258 g/mol. The number of hydrogen-bond acceptors (Lipinski definition) is 4. The van der Waals surface area contributed by atoms with Crippen LogP contribution in [-0.2, 0) is 6.61 Å². The second kappa shape index (κ2) is 5.04. The van der Waals surface area contributed by atoms with Crippen molar-refractivity contribution < 1.29 is 9.84 Å². The summed E-state index contributed by atoms with van der Waals surface area (Å²) >= 11 is 7.33. The summed E-state index contributed by atoms with van der Waals surface area (Å²) in [5.74, 6) is 0.846. The molecule has 0 saturated heterocycles. The van der Waals surface area contributed by atoms with Crippen LogP contribution in [0.2, 0.25) is 4.34 Å². The molecule has 0 aliphatic carbocycles. The molecule has 2 rings (SSSR count). The van der Waals surface area contributed by atoms with Gasteiger partial charge in [0.2, 0.25) is 0 Å². The Labute approximate surface area is 109 Å². The van der Waals surface area contributed by atoms with E-state index in [2.05, 4.69) is 4.98 Å². The molecule has 0 fully saturated rings. The predicted molar refractivity (Wildman–Crippen MR) is 69.8 cm³/mol. The summed E-state index contributed by atoms with van der Waals surface area (Å²) in [6, 6.07) is 5.83. The fourth-order valence-corrected chi connectivity index (χ4v) is 2.69. The number of hydrogen-bond donors (Lipinski definition) is 1. The summed E-state index contributed by atoms with van der Waals surface area (Å²) in [5, 5.41) is 9.87. The first-order chi connectivity index (χ1) is 8.15. The van der Waals surface area contributed by atoms with Crippen molar-refractivity contribution in [2.45, 2.75) is 13.5 Å². The maximum absolute atomic E-state index is 9.06. The van der Waals surface area contributed by atoms with Crippen molar-refractivity contribution in [3.05, 3.63) is 33.8 Å². The standard InChI is InChI=1S/C12H12ClNO2S/c1-7-5-8(3-4-10(7)16-2)12-14-9(6-15)11(13)17-12/h3-5,15H,6H2,1-2H3. The Balaban J connectivity index is 2.42. The first kappa shape index (κ1) is 12.4. The van der Waals surface area contributed by atoms with Crippen molar-refractivity contribution in [3.8, 4) is 16.3 Å². The third kappa shape index (κ3) is 2.44. The fourth-order valence-electron chi connectivity index (χ4n) is 1.57. The van der Waals surface area contributed by atoms with E-state index in [1.165, 1.54) is 11.3 Å². The lowest BCUT2D eigenvalue weighted by atomic mass is 10.1. The lowest BCUT2D eigenvalue weighted by molar-refractivity contribution is 0.278. The molecule has 1 aromatic heterocycles. The van der Waals surface area contributed by atoms with Crippen molar-refractivity contribution >= 4 is 22.9 Å². The van der Waals surface area contributed by atoms with Crippen LogP contribution in [0.3, 0.4) is 0 Å². The zero-order chi connectivity index (χ0) is 12.4. The van der Waals surface area contributed by atoms with Crippen molar-refractivity contribution in [1.82, 2.24) is 4.98 Å². The normalized spacial score (nSPS) is 10.6. The molecule has 0 aliphatic heterocycles. The second-order valence-corrected chi connectivity index (χ2v) is 5.18. The minimum absolute atomic E-state index is 0.134. The van der Waals surface area contributed by atoms with Crippen LogP contribution in [-0.4, -0.2) is 17.2 Å². The van der Waals surface area contributed by atoms with E-state index in [9.17, 15) is 0 Å². The van der Waals surface area contributed by atoms with Crippen molar-refractivity contribution in [2.75, 3.05) is 7.11 Å². The highest BCUT2D eigenvalue weighted by Crippen LogP contribution is 2.33. The Hall–Kier alpha value is -1.10. The lowest BCUT2D eigenvalue weighted by Gasteiger charge is -2.05. The molecule has 5 heteroatoms. The molecule has 0 amide bonds. The topological polar surface area (TPSA) is 42.4 Å². The summed E-state index contributed by atoms with van der Waals surface area (Å²) in [5.41, 5.74) is 2.55. The molecule has 0 saturated carbocycles. The van der Waals surface area contributed by atoms with E-state index in [0.717, 1.165) is 21.9 Å². The number of thiazole rings is 1. The zero-order valence-electron chi connectivity index (χ0n) is 9.53. The highest BCUT2D eigenvalue weighted by atomic mass is 35.5. The Bertz CT molecular complexity index is 539. The van der Waals surface area contributed by atoms with E-state index in [1.807, 2.05) is 25.1 Å². The number of aliphatic hydroxyl groups excluding tert-OH is 1. The van der Waals surface area contributed by atoms with Crippen LogP contribution in [0.4, 0.5) is 0 Å². The molecular formula is C12H12ClNO2S. The lowest BCUT2D eigenvalue weighted by Crippen LogP contribution is -1.88. The predicted octanol–water partition coefficient (Wildman–Crippen LogP) is 3.27. The third-order valence-corrected chi connectivity index (χ3v) is 3.83. The average Bonchev–Trinajstić information content (AvgIpc) is 2.70. The van der Waals surface area contributed by atoms with Crippen LogP contribution >= 0.6 is 22.9 Å². The number of halogens is 1. The Morgan fingerprint density at radius 1 is 1.47 bits per heavy atom. The molecule has 1 N–H and O–H groups in total. The van der Waals surface area contributed by atoms with Crippen LogP contribution in [0, 0.1) is 6.92 Å². The van der Waals surface area contributed by atoms with Crippen molar-refractivity contribution in [2.24, 2.45) is 0 Å². The first-order valence-corrected chi connectivity index (χ1v) is 6.26. The van der Waals surface area contributed by atoms with Gasteiger partial charge in [-0.2, -0.15) is 0 Å². The van der Waals surface area contributed by atoms with E-state index in [1.54, 1.807) is 7.11 Å². The molecule has 0 unspecified atom stereocenters. The van der Waals surface area contributed by atoms with E-state index < -0.39 is 0 Å². The fraction of sp³-hybridized carbons (Fsp3) is 0.250. The van der Waals surface area contributed by atoms with Crippen LogP contribution in [0.25, 0.3) is 10.6 Å². The molecule has 0 radical (unpaired) electrons. The van der Waals surface area contributed by atoms with Gasteiger partial charge in [-0.05, 0) is 30.7 Å². The molecule has 0 atom stereocenters. The SMILES string of the molecule is COc1ccc(-c2nc(CO)c(Cl)s2)cc1C. The number of ether oxygens (including phenoxy) is 1. The summed E-state index contributed by atoms with van der Waals surface area (Å²) in [6.45, 7) is 1.84. The molecule has 0 spiro atoms. The largest absolute Gasteiger partial charge is 0.496 e. The number of aryl methyl sites for hydroxylation is 1. The Kier molecular flexibility index (Phi) is 3.66. The monoisotopic (exact) mass is 269 g/mol. The Morgan fingerprint density at radius 3 is 2.76 bits per heavy atom. The van der Waals surface area contributed by atoms with E-state index in [0.29, 0.717) is 10.0 Å². The number of rotatable bonds is 3. The first-order valence-electron chi connectivity index (χ1n) is 5.06. The molecule has 0 bridgehead atoms. The van der Waals surface area contributed by atoms with Gasteiger partial charge in [-0.15, -0.1) is 11.3 Å². The van der Waals surface area contributed by atoms with Gasteiger partial charge in [-0.25, -0.2) is 4.98 Å². The number of aliphatic hydroxyl groups is 1. The van der Waals surface area contributed by atoms with Crippen molar-refractivity contribution in [1.29, 1.82) is 0 Å². The zero-order valence-corrected chi connectivity index (χ0v) is 11.1. The van der Waals surface area contributed by atoms with Gasteiger partial charge in [0.15, 0.2) is 0 Å². The van der Waals surface area contributed by atoms with Gasteiger partial charge in [-0.1, -0.05) is 11.6 Å². The number of nitrogens with zero attached hydrogens (tertiary/aromatic N) is 1. The van der Waals surface area contributed by atoms with Gasteiger partial charge < -0.3 is 9.84 Å². The van der Waals surface area contributed by atoms with E-state index >= 15 is 0 Å². The minimum atomic E-state index is -0.134. The summed E-state index contributed by atoms with van der Waals surface area (Å²) in [6.07, 6.45) is 0. The van der Waals surface area contributed by atoms with Gasteiger partial charge in [0.1, 0.15) is 15.1 Å². The van der Waals surface area contributed by atoms with Gasteiger partial charge in [0.25, 0.3) is 0 Å². The molecule has 90 valence electrons. The van der Waals surface area contributed by atoms with Gasteiger partial charge in [0, 0.05) is 5.56 Å². The van der Waals surface area contributed by atoms with Gasteiger partial charge in [0.05, 0.1) is 19.4 Å². The molecule has 3 nitrogen and oxygen atoms in total. The van der Waals surface area contributed by atoms with Crippen LogP contribution in [0.15, 0.2) is 18.2 Å². The molecule has 1 heterocycles. The van der Waals surface area contributed by atoms with Crippen LogP contribution < -0.4 is 4.74 Å². The number of methoxy groups -OCH3 is 1. The molecule has 2 aromatic rings. The Morgan fingerprint density at radius 2 is 2.24 bits per heavy atom. The van der Waals surface area contributed by atoms with Gasteiger partial charge in [-0.3, -0.25) is 0 Å². The average molecular weight is 270 g/mol. The van der Waals surface area contributed by atoms with E-state index in [4.69, 9.17) is 21.4 Å². The highest BCUT2D eigenvalue weighted by Gasteiger charge is 2.11. The number of benzene rings is 1. The highest BCUT2D eigenvalue weighted by molar-refractivity contribution is 7.19. The van der Waals surface area contributed by atoms with E-state index in [-0.39, 0.29) is 6.61 Å². The summed E-state index contributed by atoms with van der Waals surface area (Å²) in [7, 11) is 1.64. The quantitative estimate of drug-likeness (QED) is 0.930. The summed E-state index contributed by atoms with van der Waals surface area (Å²) < 4.78 is 5.74. The molecule has 1 aromatic carbocycles. The second-order valence-electron chi connectivity index (χ2n) is 3.58. The smallest absolute Gasteiger partial charge is 0.125 e. The minimum Gasteiger partial charge on any atom is -0.496 e. The van der Waals surface area contributed by atoms with Crippen LogP contribution in [0.5, 0.6) is 5.75 Å². The molecule has 0 aliphatic rings. The third-order valence-electron chi connectivity index (χ3n) is 2.44. The van der Waals surface area contributed by atoms with Crippen molar-refractivity contribution in [3.63, 3.8) is 0 Å². The molecule has 17 heavy (non-hydrogen) atoms.